The van der Waals surface area contributed by atoms with Gasteiger partial charge in [0, 0.05) is 0 Å². The first-order valence-electron chi connectivity index (χ1n) is 4.90. The Hall–Kier alpha value is -1.84. The molecule has 0 aliphatic rings. The fourth-order valence-corrected chi connectivity index (χ4v) is 1.26. The van der Waals surface area contributed by atoms with Crippen LogP contribution in [0.4, 0.5) is 0 Å². The lowest BCUT2D eigenvalue weighted by atomic mass is 10.1. The molecule has 0 saturated heterocycles. The molecule has 0 fully saturated rings. The average molecular weight is 222 g/mol. The standard InChI is InChI=1S/C12H14O4/c1-8(13)10-6-4-5-7-11(10)16-9(2)12(14)15-3/h4-7,9H,1-3H3. The van der Waals surface area contributed by atoms with Gasteiger partial charge in [-0.15, -0.1) is 0 Å². The number of Topliss-reactive ketones (excluding diaryl/α,β-unsaturated/α-hetero) is 1. The number of carbonyl (C=O) groups is 2. The van der Waals surface area contributed by atoms with Gasteiger partial charge in [0.05, 0.1) is 12.7 Å². The van der Waals surface area contributed by atoms with E-state index in [1.54, 1.807) is 31.2 Å². The summed E-state index contributed by atoms with van der Waals surface area (Å²) in [7, 11) is 1.29. The smallest absolute Gasteiger partial charge is 0.346 e. The van der Waals surface area contributed by atoms with Gasteiger partial charge in [-0.1, -0.05) is 12.1 Å². The van der Waals surface area contributed by atoms with Gasteiger partial charge in [0.2, 0.25) is 0 Å². The molecular formula is C12H14O4. The number of methoxy groups -OCH3 is 1. The molecule has 86 valence electrons. The molecule has 0 aliphatic heterocycles. The molecule has 0 radical (unpaired) electrons. The monoisotopic (exact) mass is 222 g/mol. The Labute approximate surface area is 94.2 Å². The Kier molecular flexibility index (Phi) is 4.05. The summed E-state index contributed by atoms with van der Waals surface area (Å²) in [6.45, 7) is 3.02. The number of carbonyl (C=O) groups excluding carboxylic acids is 2. The molecule has 0 amide bonds. The summed E-state index contributed by atoms with van der Waals surface area (Å²) < 4.78 is 9.90. The van der Waals surface area contributed by atoms with E-state index in [0.717, 1.165) is 0 Å². The SMILES string of the molecule is COC(=O)C(C)Oc1ccccc1C(C)=O. The maximum Gasteiger partial charge on any atom is 0.346 e. The Morgan fingerprint density at radius 3 is 2.44 bits per heavy atom. The molecule has 1 rings (SSSR count). The van der Waals surface area contributed by atoms with E-state index in [0.29, 0.717) is 11.3 Å². The first-order chi connectivity index (χ1) is 7.56. The van der Waals surface area contributed by atoms with Crippen molar-refractivity contribution in [3.63, 3.8) is 0 Å². The van der Waals surface area contributed by atoms with Crippen LogP contribution in [0.2, 0.25) is 0 Å². The van der Waals surface area contributed by atoms with Crippen molar-refractivity contribution in [2.45, 2.75) is 20.0 Å². The average Bonchev–Trinajstić information content (AvgIpc) is 2.28. The highest BCUT2D eigenvalue weighted by Gasteiger charge is 2.17. The summed E-state index contributed by atoms with van der Waals surface area (Å²) >= 11 is 0. The minimum absolute atomic E-state index is 0.104. The van der Waals surface area contributed by atoms with Gasteiger partial charge in [-0.3, -0.25) is 4.79 Å². The molecule has 4 nitrogen and oxygen atoms in total. The first-order valence-corrected chi connectivity index (χ1v) is 4.90. The number of ether oxygens (including phenoxy) is 2. The van der Waals surface area contributed by atoms with Gasteiger partial charge in [0.1, 0.15) is 5.75 Å². The molecule has 1 aromatic carbocycles. The zero-order valence-corrected chi connectivity index (χ0v) is 9.52. The molecule has 0 aromatic heterocycles. The van der Waals surface area contributed by atoms with Crippen molar-refractivity contribution < 1.29 is 19.1 Å². The fourth-order valence-electron chi connectivity index (χ4n) is 1.26. The van der Waals surface area contributed by atoms with Crippen LogP contribution in [-0.4, -0.2) is 25.0 Å². The van der Waals surface area contributed by atoms with Gasteiger partial charge >= 0.3 is 5.97 Å². The Morgan fingerprint density at radius 1 is 1.25 bits per heavy atom. The van der Waals surface area contributed by atoms with Crippen LogP contribution in [0.15, 0.2) is 24.3 Å². The second-order valence-corrected chi connectivity index (χ2v) is 3.34. The number of para-hydroxylation sites is 1. The molecule has 1 unspecified atom stereocenters. The highest BCUT2D eigenvalue weighted by atomic mass is 16.6. The van der Waals surface area contributed by atoms with Crippen LogP contribution in [0.25, 0.3) is 0 Å². The summed E-state index contributed by atoms with van der Waals surface area (Å²) in [6, 6.07) is 6.79. The molecule has 0 bridgehead atoms. The second-order valence-electron chi connectivity index (χ2n) is 3.34. The summed E-state index contributed by atoms with van der Waals surface area (Å²) in [5.41, 5.74) is 0.457. The van der Waals surface area contributed by atoms with Crippen molar-refractivity contribution in [2.75, 3.05) is 7.11 Å². The van der Waals surface area contributed by atoms with Crippen molar-refractivity contribution in [1.82, 2.24) is 0 Å². The maximum absolute atomic E-state index is 11.3. The van der Waals surface area contributed by atoms with E-state index in [-0.39, 0.29) is 5.78 Å². The third-order valence-corrected chi connectivity index (χ3v) is 2.10. The molecule has 1 atom stereocenters. The summed E-state index contributed by atoms with van der Waals surface area (Å²) in [5.74, 6) is -0.182. The highest BCUT2D eigenvalue weighted by Crippen LogP contribution is 2.19. The number of hydrogen-bond acceptors (Lipinski definition) is 4. The lowest BCUT2D eigenvalue weighted by Gasteiger charge is -2.14. The fraction of sp³-hybridized carbons (Fsp3) is 0.333. The third-order valence-electron chi connectivity index (χ3n) is 2.10. The third kappa shape index (κ3) is 2.82. The van der Waals surface area contributed by atoms with Crippen LogP contribution in [0.1, 0.15) is 24.2 Å². The normalized spacial score (nSPS) is 11.7. The van der Waals surface area contributed by atoms with Crippen molar-refractivity contribution in [1.29, 1.82) is 0 Å². The molecule has 0 N–H and O–H groups in total. The van der Waals surface area contributed by atoms with Crippen molar-refractivity contribution in [3.8, 4) is 5.75 Å². The number of ketones is 1. The topological polar surface area (TPSA) is 52.6 Å². The van der Waals surface area contributed by atoms with Crippen LogP contribution in [0.3, 0.4) is 0 Å². The second kappa shape index (κ2) is 5.30. The van der Waals surface area contributed by atoms with Crippen LogP contribution in [-0.2, 0) is 9.53 Å². The van der Waals surface area contributed by atoms with Crippen LogP contribution in [0.5, 0.6) is 5.75 Å². The quantitative estimate of drug-likeness (QED) is 0.576. The van der Waals surface area contributed by atoms with E-state index in [4.69, 9.17) is 4.74 Å². The predicted octanol–water partition coefficient (Wildman–Crippen LogP) is 1.83. The van der Waals surface area contributed by atoms with Gasteiger partial charge in [-0.2, -0.15) is 0 Å². The zero-order valence-electron chi connectivity index (χ0n) is 9.52. The van der Waals surface area contributed by atoms with Gasteiger partial charge in [0.15, 0.2) is 11.9 Å². The Morgan fingerprint density at radius 2 is 1.88 bits per heavy atom. The molecule has 4 heteroatoms. The largest absolute Gasteiger partial charge is 0.478 e. The lowest BCUT2D eigenvalue weighted by molar-refractivity contribution is -0.147. The molecule has 0 saturated carbocycles. The predicted molar refractivity (Wildman–Crippen MR) is 58.6 cm³/mol. The van der Waals surface area contributed by atoms with Crippen LogP contribution >= 0.6 is 0 Å². The van der Waals surface area contributed by atoms with Gasteiger partial charge in [0.25, 0.3) is 0 Å². The highest BCUT2D eigenvalue weighted by molar-refractivity contribution is 5.96. The van der Waals surface area contributed by atoms with E-state index in [1.165, 1.54) is 14.0 Å². The van der Waals surface area contributed by atoms with Gasteiger partial charge in [-0.05, 0) is 26.0 Å². The lowest BCUT2D eigenvalue weighted by Crippen LogP contribution is -2.25. The minimum Gasteiger partial charge on any atom is -0.478 e. The molecule has 0 heterocycles. The van der Waals surface area contributed by atoms with Crippen molar-refractivity contribution in [3.05, 3.63) is 29.8 Å². The van der Waals surface area contributed by atoms with E-state index >= 15 is 0 Å². The van der Waals surface area contributed by atoms with Gasteiger partial charge < -0.3 is 9.47 Å². The summed E-state index contributed by atoms with van der Waals surface area (Å²) in [5, 5.41) is 0. The van der Waals surface area contributed by atoms with Crippen LogP contribution < -0.4 is 4.74 Å². The van der Waals surface area contributed by atoms with Gasteiger partial charge in [-0.25, -0.2) is 4.79 Å². The number of esters is 1. The molecule has 0 spiro atoms. The maximum atomic E-state index is 11.3. The molecule has 16 heavy (non-hydrogen) atoms. The zero-order chi connectivity index (χ0) is 12.1. The molecule has 1 aromatic rings. The first kappa shape index (κ1) is 12.2. The molecule has 0 aliphatic carbocycles. The van der Waals surface area contributed by atoms with Crippen molar-refractivity contribution >= 4 is 11.8 Å². The van der Waals surface area contributed by atoms with Crippen LogP contribution in [0, 0.1) is 0 Å². The van der Waals surface area contributed by atoms with Crippen molar-refractivity contribution in [2.24, 2.45) is 0 Å². The minimum atomic E-state index is -0.731. The summed E-state index contributed by atoms with van der Waals surface area (Å²) in [4.78, 5) is 22.5. The Bertz CT molecular complexity index is 398. The van der Waals surface area contributed by atoms with E-state index < -0.39 is 12.1 Å². The number of hydrogen-bond donors (Lipinski definition) is 0. The van der Waals surface area contributed by atoms with E-state index in [2.05, 4.69) is 4.74 Å². The summed E-state index contributed by atoms with van der Waals surface area (Å²) in [6.07, 6.45) is -0.731. The molecular weight excluding hydrogens is 208 g/mol. The Balaban J connectivity index is 2.88. The number of benzene rings is 1. The van der Waals surface area contributed by atoms with E-state index in [9.17, 15) is 9.59 Å². The number of rotatable bonds is 4. The van der Waals surface area contributed by atoms with E-state index in [1.807, 2.05) is 0 Å².